The molecule has 1 fully saturated rings. The highest BCUT2D eigenvalue weighted by molar-refractivity contribution is 7.80. The van der Waals surface area contributed by atoms with Crippen molar-refractivity contribution in [1.29, 1.82) is 0 Å². The second-order valence-electron chi connectivity index (χ2n) is 3.60. The van der Waals surface area contributed by atoms with Crippen molar-refractivity contribution >= 4 is 24.6 Å². The maximum atomic E-state index is 11.3. The van der Waals surface area contributed by atoms with Crippen LogP contribution >= 0.6 is 12.6 Å². The molecule has 1 N–H and O–H groups in total. The lowest BCUT2D eigenvalue weighted by molar-refractivity contribution is -0.158. The largest absolute Gasteiger partial charge is 0.481 e. The van der Waals surface area contributed by atoms with Gasteiger partial charge in [-0.1, -0.05) is 0 Å². The summed E-state index contributed by atoms with van der Waals surface area (Å²) in [7, 11) is 0. The van der Waals surface area contributed by atoms with Crippen molar-refractivity contribution in [2.24, 2.45) is 5.92 Å². The lowest BCUT2D eigenvalue weighted by Gasteiger charge is -2.12. The normalized spacial score (nSPS) is 21.1. The SMILES string of the molecule is O=C(O)C(CS)C(=O)OCCOC1CCOC1. The first-order valence-electron chi connectivity index (χ1n) is 5.34. The number of carbonyl (C=O) groups is 2. The van der Waals surface area contributed by atoms with E-state index in [-0.39, 0.29) is 25.1 Å². The van der Waals surface area contributed by atoms with Gasteiger partial charge in [0.2, 0.25) is 0 Å². The highest BCUT2D eigenvalue weighted by atomic mass is 32.1. The third-order valence-corrected chi connectivity index (χ3v) is 2.70. The second kappa shape index (κ2) is 7.52. The summed E-state index contributed by atoms with van der Waals surface area (Å²) in [4.78, 5) is 21.9. The van der Waals surface area contributed by atoms with Gasteiger partial charge in [0.1, 0.15) is 6.61 Å². The molecule has 0 aromatic carbocycles. The number of carbonyl (C=O) groups excluding carboxylic acids is 1. The van der Waals surface area contributed by atoms with Crippen molar-refractivity contribution in [1.82, 2.24) is 0 Å². The molecule has 7 heteroatoms. The van der Waals surface area contributed by atoms with Gasteiger partial charge in [0, 0.05) is 12.4 Å². The molecule has 17 heavy (non-hydrogen) atoms. The van der Waals surface area contributed by atoms with Crippen LogP contribution < -0.4 is 0 Å². The topological polar surface area (TPSA) is 82.1 Å². The van der Waals surface area contributed by atoms with Crippen LogP contribution in [0.1, 0.15) is 6.42 Å². The van der Waals surface area contributed by atoms with Gasteiger partial charge in [-0.2, -0.15) is 12.6 Å². The summed E-state index contributed by atoms with van der Waals surface area (Å²) in [5.41, 5.74) is 0. The summed E-state index contributed by atoms with van der Waals surface area (Å²) in [5, 5.41) is 8.68. The molecule has 1 heterocycles. The Balaban J connectivity index is 2.12. The molecule has 0 amide bonds. The first-order valence-corrected chi connectivity index (χ1v) is 5.98. The maximum absolute atomic E-state index is 11.3. The number of hydrogen-bond donors (Lipinski definition) is 2. The molecule has 1 aliphatic heterocycles. The third-order valence-electron chi connectivity index (χ3n) is 2.33. The number of hydrogen-bond acceptors (Lipinski definition) is 6. The van der Waals surface area contributed by atoms with E-state index in [0.717, 1.165) is 6.42 Å². The van der Waals surface area contributed by atoms with Crippen LogP contribution in [-0.4, -0.2) is 55.3 Å². The van der Waals surface area contributed by atoms with Gasteiger partial charge in [-0.25, -0.2) is 0 Å². The van der Waals surface area contributed by atoms with Crippen molar-refractivity contribution in [2.75, 3.05) is 32.2 Å². The van der Waals surface area contributed by atoms with Crippen LogP contribution in [-0.2, 0) is 23.8 Å². The van der Waals surface area contributed by atoms with Crippen molar-refractivity contribution in [3.05, 3.63) is 0 Å². The van der Waals surface area contributed by atoms with Gasteiger partial charge in [-0.3, -0.25) is 9.59 Å². The number of rotatable bonds is 7. The van der Waals surface area contributed by atoms with Gasteiger partial charge < -0.3 is 19.3 Å². The average molecular weight is 264 g/mol. The monoisotopic (exact) mass is 264 g/mol. The van der Waals surface area contributed by atoms with Gasteiger partial charge in [-0.05, 0) is 6.42 Å². The Hall–Kier alpha value is -0.790. The quantitative estimate of drug-likeness (QED) is 0.291. The van der Waals surface area contributed by atoms with Gasteiger partial charge in [0.15, 0.2) is 5.92 Å². The van der Waals surface area contributed by atoms with Crippen molar-refractivity contribution in [3.63, 3.8) is 0 Å². The summed E-state index contributed by atoms with van der Waals surface area (Å²) in [5.74, 6) is -3.30. The number of ether oxygens (including phenoxy) is 3. The van der Waals surface area contributed by atoms with E-state index in [1.165, 1.54) is 0 Å². The maximum Gasteiger partial charge on any atom is 0.321 e. The second-order valence-corrected chi connectivity index (χ2v) is 3.96. The van der Waals surface area contributed by atoms with Gasteiger partial charge in [0.25, 0.3) is 0 Å². The number of aliphatic carboxylic acids is 1. The Bertz CT molecular complexity index is 264. The zero-order chi connectivity index (χ0) is 12.7. The van der Waals surface area contributed by atoms with Crippen LogP contribution in [0.4, 0.5) is 0 Å². The molecule has 2 atom stereocenters. The van der Waals surface area contributed by atoms with Crippen molar-refractivity contribution in [2.45, 2.75) is 12.5 Å². The molecule has 1 aliphatic rings. The van der Waals surface area contributed by atoms with Crippen LogP contribution in [0.5, 0.6) is 0 Å². The van der Waals surface area contributed by atoms with Gasteiger partial charge in [-0.15, -0.1) is 0 Å². The number of esters is 1. The Morgan fingerprint density at radius 2 is 2.24 bits per heavy atom. The van der Waals surface area contributed by atoms with Crippen LogP contribution in [0.2, 0.25) is 0 Å². The molecule has 0 aromatic heterocycles. The zero-order valence-electron chi connectivity index (χ0n) is 9.33. The van der Waals surface area contributed by atoms with Crippen molar-refractivity contribution in [3.8, 4) is 0 Å². The molecule has 2 unspecified atom stereocenters. The molecule has 0 spiro atoms. The Morgan fingerprint density at radius 3 is 2.76 bits per heavy atom. The first-order chi connectivity index (χ1) is 8.15. The predicted molar refractivity (Wildman–Crippen MR) is 61.1 cm³/mol. The molecule has 98 valence electrons. The fraction of sp³-hybridized carbons (Fsp3) is 0.800. The lowest BCUT2D eigenvalue weighted by atomic mass is 10.2. The minimum Gasteiger partial charge on any atom is -0.481 e. The number of carboxylic acids is 1. The minimum atomic E-state index is -1.23. The summed E-state index contributed by atoms with van der Waals surface area (Å²) >= 11 is 3.78. The fourth-order valence-electron chi connectivity index (χ4n) is 1.36. The molecular formula is C10H16O6S. The first kappa shape index (κ1) is 14.3. The van der Waals surface area contributed by atoms with E-state index in [0.29, 0.717) is 13.2 Å². The Kier molecular flexibility index (Phi) is 6.31. The molecule has 1 rings (SSSR count). The van der Waals surface area contributed by atoms with E-state index in [4.69, 9.17) is 19.3 Å². The standard InChI is InChI=1S/C10H16O6S/c11-9(12)8(6-17)10(13)16-4-3-15-7-1-2-14-5-7/h7-8,17H,1-6H2,(H,11,12). The van der Waals surface area contributed by atoms with E-state index in [1.807, 2.05) is 0 Å². The van der Waals surface area contributed by atoms with Crippen molar-refractivity contribution < 1.29 is 28.9 Å². The molecule has 0 saturated carbocycles. The van der Waals surface area contributed by atoms with E-state index < -0.39 is 17.9 Å². The predicted octanol–water partition coefficient (Wildman–Crippen LogP) is -0.0343. The van der Waals surface area contributed by atoms with E-state index in [9.17, 15) is 9.59 Å². The molecular weight excluding hydrogens is 248 g/mol. The average Bonchev–Trinajstić information content (AvgIpc) is 2.77. The van der Waals surface area contributed by atoms with Crippen LogP contribution in [0.25, 0.3) is 0 Å². The summed E-state index contributed by atoms with van der Waals surface area (Å²) in [6, 6.07) is 0. The summed E-state index contributed by atoms with van der Waals surface area (Å²) < 4.78 is 15.2. The van der Waals surface area contributed by atoms with E-state index in [1.54, 1.807) is 0 Å². The Morgan fingerprint density at radius 1 is 1.47 bits per heavy atom. The van der Waals surface area contributed by atoms with Crippen LogP contribution in [0.3, 0.4) is 0 Å². The molecule has 0 aromatic rings. The van der Waals surface area contributed by atoms with E-state index in [2.05, 4.69) is 12.6 Å². The highest BCUT2D eigenvalue weighted by Gasteiger charge is 2.26. The zero-order valence-corrected chi connectivity index (χ0v) is 10.2. The number of carboxylic acid groups (broad SMARTS) is 1. The highest BCUT2D eigenvalue weighted by Crippen LogP contribution is 2.08. The van der Waals surface area contributed by atoms with Gasteiger partial charge in [0.05, 0.1) is 19.3 Å². The minimum absolute atomic E-state index is 0.0485. The Labute approximate surface area is 105 Å². The molecule has 0 bridgehead atoms. The summed E-state index contributed by atoms with van der Waals surface area (Å²) in [6.07, 6.45) is 0.886. The lowest BCUT2D eigenvalue weighted by Crippen LogP contribution is -2.28. The number of thiol groups is 1. The molecule has 0 radical (unpaired) electrons. The van der Waals surface area contributed by atoms with Crippen LogP contribution in [0.15, 0.2) is 0 Å². The molecule has 1 saturated heterocycles. The van der Waals surface area contributed by atoms with E-state index >= 15 is 0 Å². The molecule has 6 nitrogen and oxygen atoms in total. The summed E-state index contributed by atoms with van der Waals surface area (Å²) in [6.45, 7) is 1.54. The third kappa shape index (κ3) is 4.93. The van der Waals surface area contributed by atoms with Crippen LogP contribution in [0, 0.1) is 5.92 Å². The molecule has 0 aliphatic carbocycles. The fourth-order valence-corrected chi connectivity index (χ4v) is 1.66. The van der Waals surface area contributed by atoms with Gasteiger partial charge >= 0.3 is 11.9 Å². The smallest absolute Gasteiger partial charge is 0.321 e.